The molecule has 0 bridgehead atoms. The molecule has 0 atom stereocenters. The molecule has 0 saturated carbocycles. The zero-order chi connectivity index (χ0) is 8.81. The zero-order valence-corrected chi connectivity index (χ0v) is 7.33. The summed E-state index contributed by atoms with van der Waals surface area (Å²) in [6, 6.07) is 7.31. The monoisotopic (exact) mass is 162 g/mol. The number of phenols is 1. The van der Waals surface area contributed by atoms with Gasteiger partial charge in [0.15, 0.2) is 0 Å². The number of allylic oxidation sites excluding steroid dienone is 2. The Balaban J connectivity index is 2.53. The largest absolute Gasteiger partial charge is 0.508 e. The van der Waals surface area contributed by atoms with Crippen molar-refractivity contribution in [2.24, 2.45) is 0 Å². The first-order chi connectivity index (χ1) is 5.83. The van der Waals surface area contributed by atoms with Gasteiger partial charge in [-0.25, -0.2) is 0 Å². The Morgan fingerprint density at radius 3 is 2.42 bits per heavy atom. The van der Waals surface area contributed by atoms with Crippen molar-refractivity contribution in [1.82, 2.24) is 0 Å². The van der Waals surface area contributed by atoms with E-state index in [-0.39, 0.29) is 0 Å². The number of aromatic hydroxyl groups is 1. The molecule has 64 valence electrons. The molecule has 1 nitrogen and oxygen atoms in total. The lowest BCUT2D eigenvalue weighted by molar-refractivity contribution is 0.475. The third kappa shape index (κ3) is 2.79. The average Bonchev–Trinajstić information content (AvgIpc) is 2.09. The van der Waals surface area contributed by atoms with Gasteiger partial charge in [-0.3, -0.25) is 0 Å². The lowest BCUT2D eigenvalue weighted by Crippen LogP contribution is -1.78. The van der Waals surface area contributed by atoms with Gasteiger partial charge < -0.3 is 5.11 Å². The minimum absolute atomic E-state index is 0.332. The van der Waals surface area contributed by atoms with Crippen molar-refractivity contribution in [3.8, 4) is 5.75 Å². The first-order valence-electron chi connectivity index (χ1n) is 4.26. The molecular formula is C11H14O. The van der Waals surface area contributed by atoms with Crippen LogP contribution in [0.15, 0.2) is 36.4 Å². The van der Waals surface area contributed by atoms with Crippen molar-refractivity contribution in [1.29, 1.82) is 0 Å². The van der Waals surface area contributed by atoms with Crippen molar-refractivity contribution in [2.45, 2.75) is 19.8 Å². The van der Waals surface area contributed by atoms with Crippen LogP contribution in [0, 0.1) is 0 Å². The Morgan fingerprint density at radius 1 is 1.17 bits per heavy atom. The summed E-state index contributed by atoms with van der Waals surface area (Å²) in [4.78, 5) is 0. The molecule has 1 aromatic carbocycles. The molecule has 0 fully saturated rings. The fourth-order valence-corrected chi connectivity index (χ4v) is 1.02. The first-order valence-corrected chi connectivity index (χ1v) is 4.26. The van der Waals surface area contributed by atoms with Gasteiger partial charge in [-0.15, -0.1) is 0 Å². The molecule has 1 aromatic rings. The molecular weight excluding hydrogens is 148 g/mol. The summed E-state index contributed by atoms with van der Waals surface area (Å²) in [5, 5.41) is 9.01. The van der Waals surface area contributed by atoms with Crippen LogP contribution in [0.1, 0.15) is 18.9 Å². The number of rotatable bonds is 3. The molecule has 0 aliphatic heterocycles. The van der Waals surface area contributed by atoms with Gasteiger partial charge in [0.25, 0.3) is 0 Å². The van der Waals surface area contributed by atoms with Gasteiger partial charge >= 0.3 is 0 Å². The highest BCUT2D eigenvalue weighted by atomic mass is 16.3. The normalized spacial score (nSPS) is 10.8. The van der Waals surface area contributed by atoms with Crippen LogP contribution in [0.2, 0.25) is 0 Å². The van der Waals surface area contributed by atoms with Gasteiger partial charge in [0.1, 0.15) is 5.75 Å². The van der Waals surface area contributed by atoms with E-state index in [1.54, 1.807) is 12.1 Å². The predicted octanol–water partition coefficient (Wildman–Crippen LogP) is 2.90. The maximum Gasteiger partial charge on any atom is 0.115 e. The standard InChI is InChI=1S/C11H14O/c1-2-3-4-5-10-6-8-11(12)9-7-10/h3-4,6-9,12H,2,5H2,1H3. The third-order valence-corrected chi connectivity index (χ3v) is 1.69. The Morgan fingerprint density at radius 2 is 1.83 bits per heavy atom. The van der Waals surface area contributed by atoms with E-state index in [0.717, 1.165) is 12.8 Å². The highest BCUT2D eigenvalue weighted by molar-refractivity contribution is 5.27. The first kappa shape index (κ1) is 8.85. The van der Waals surface area contributed by atoms with Gasteiger partial charge in [-0.1, -0.05) is 31.2 Å². The molecule has 0 radical (unpaired) electrons. The summed E-state index contributed by atoms with van der Waals surface area (Å²) in [6.45, 7) is 2.12. The van der Waals surface area contributed by atoms with Crippen molar-refractivity contribution < 1.29 is 5.11 Å². The van der Waals surface area contributed by atoms with Gasteiger partial charge in [-0.05, 0) is 30.5 Å². The minimum Gasteiger partial charge on any atom is -0.508 e. The van der Waals surface area contributed by atoms with Crippen LogP contribution < -0.4 is 0 Å². The minimum atomic E-state index is 0.332. The summed E-state index contributed by atoms with van der Waals surface area (Å²) >= 11 is 0. The van der Waals surface area contributed by atoms with E-state index in [9.17, 15) is 0 Å². The molecule has 0 spiro atoms. The highest BCUT2D eigenvalue weighted by Crippen LogP contribution is 2.10. The summed E-state index contributed by atoms with van der Waals surface area (Å²) in [6.07, 6.45) is 6.32. The summed E-state index contributed by atoms with van der Waals surface area (Å²) in [5.41, 5.74) is 1.23. The SMILES string of the molecule is CCC=CCc1ccc(O)cc1. The molecule has 0 aliphatic rings. The van der Waals surface area contributed by atoms with Crippen molar-refractivity contribution in [3.05, 3.63) is 42.0 Å². The lowest BCUT2D eigenvalue weighted by Gasteiger charge is -1.95. The van der Waals surface area contributed by atoms with E-state index >= 15 is 0 Å². The highest BCUT2D eigenvalue weighted by Gasteiger charge is 1.88. The van der Waals surface area contributed by atoms with Crippen LogP contribution in [0.3, 0.4) is 0 Å². The van der Waals surface area contributed by atoms with E-state index < -0.39 is 0 Å². The molecule has 12 heavy (non-hydrogen) atoms. The maximum atomic E-state index is 9.01. The van der Waals surface area contributed by atoms with Gasteiger partial charge in [-0.2, -0.15) is 0 Å². The molecule has 1 heteroatoms. The fourth-order valence-electron chi connectivity index (χ4n) is 1.02. The second-order valence-corrected chi connectivity index (χ2v) is 2.75. The topological polar surface area (TPSA) is 20.2 Å². The van der Waals surface area contributed by atoms with Gasteiger partial charge in [0, 0.05) is 0 Å². The fraction of sp³-hybridized carbons (Fsp3) is 0.273. The summed E-state index contributed by atoms with van der Waals surface area (Å²) in [5.74, 6) is 0.332. The van der Waals surface area contributed by atoms with E-state index in [1.165, 1.54) is 5.56 Å². The number of benzene rings is 1. The van der Waals surface area contributed by atoms with E-state index in [1.807, 2.05) is 12.1 Å². The van der Waals surface area contributed by atoms with E-state index in [2.05, 4.69) is 19.1 Å². The summed E-state index contributed by atoms with van der Waals surface area (Å²) < 4.78 is 0. The second-order valence-electron chi connectivity index (χ2n) is 2.75. The molecule has 0 unspecified atom stereocenters. The van der Waals surface area contributed by atoms with Crippen LogP contribution in [-0.2, 0) is 6.42 Å². The smallest absolute Gasteiger partial charge is 0.115 e. The molecule has 0 saturated heterocycles. The van der Waals surface area contributed by atoms with Crippen molar-refractivity contribution in [3.63, 3.8) is 0 Å². The Labute approximate surface area is 73.4 Å². The molecule has 0 aromatic heterocycles. The van der Waals surface area contributed by atoms with Crippen LogP contribution in [0.25, 0.3) is 0 Å². The second kappa shape index (κ2) is 4.60. The van der Waals surface area contributed by atoms with Gasteiger partial charge in [0.2, 0.25) is 0 Å². The summed E-state index contributed by atoms with van der Waals surface area (Å²) in [7, 11) is 0. The average molecular weight is 162 g/mol. The molecule has 1 N–H and O–H groups in total. The number of phenolic OH excluding ortho intramolecular Hbond substituents is 1. The van der Waals surface area contributed by atoms with Gasteiger partial charge in [0.05, 0.1) is 0 Å². The number of hydrogen-bond donors (Lipinski definition) is 1. The molecule has 0 heterocycles. The van der Waals surface area contributed by atoms with Crippen molar-refractivity contribution >= 4 is 0 Å². The molecule has 1 rings (SSSR count). The van der Waals surface area contributed by atoms with Crippen LogP contribution >= 0.6 is 0 Å². The van der Waals surface area contributed by atoms with E-state index in [4.69, 9.17) is 5.11 Å². The quantitative estimate of drug-likeness (QED) is 0.677. The van der Waals surface area contributed by atoms with E-state index in [0.29, 0.717) is 5.75 Å². The van der Waals surface area contributed by atoms with Crippen LogP contribution in [0.4, 0.5) is 0 Å². The Hall–Kier alpha value is -1.24. The Bertz CT molecular complexity index is 246. The van der Waals surface area contributed by atoms with Crippen LogP contribution in [-0.4, -0.2) is 5.11 Å². The predicted molar refractivity (Wildman–Crippen MR) is 51.2 cm³/mol. The maximum absolute atomic E-state index is 9.01. The zero-order valence-electron chi connectivity index (χ0n) is 7.33. The lowest BCUT2D eigenvalue weighted by atomic mass is 10.1. The third-order valence-electron chi connectivity index (χ3n) is 1.69. The van der Waals surface area contributed by atoms with Crippen molar-refractivity contribution in [2.75, 3.05) is 0 Å². The molecule has 0 amide bonds. The number of hydrogen-bond acceptors (Lipinski definition) is 1. The Kier molecular flexibility index (Phi) is 3.39. The van der Waals surface area contributed by atoms with Crippen LogP contribution in [0.5, 0.6) is 5.75 Å². The molecule has 0 aliphatic carbocycles.